The van der Waals surface area contributed by atoms with E-state index in [1.165, 1.54) is 31.4 Å². The predicted molar refractivity (Wildman–Crippen MR) is 75.9 cm³/mol. The zero-order chi connectivity index (χ0) is 13.1. The monoisotopic (exact) mass is 269 g/mol. The Hall–Kier alpha value is -0.540. The van der Waals surface area contributed by atoms with Crippen molar-refractivity contribution >= 4 is 11.6 Å². The lowest BCUT2D eigenvalue weighted by Gasteiger charge is -2.22. The topological polar surface area (TPSA) is 43.8 Å². The molecular weight excluding hydrogens is 246 g/mol. The molecule has 2 N–H and O–H groups in total. The van der Waals surface area contributed by atoms with Gasteiger partial charge in [0.25, 0.3) is 0 Å². The van der Waals surface area contributed by atoms with Gasteiger partial charge in [-0.25, -0.2) is 0 Å². The molecule has 0 amide bonds. The molecule has 1 aliphatic rings. The Morgan fingerprint density at radius 3 is 2.67 bits per heavy atom. The van der Waals surface area contributed by atoms with Crippen LogP contribution in [0.1, 0.15) is 44.0 Å². The van der Waals surface area contributed by atoms with Crippen LogP contribution >= 0.6 is 11.6 Å². The molecular formula is C14H24ClN3. The molecule has 0 bridgehead atoms. The summed E-state index contributed by atoms with van der Waals surface area (Å²) in [7, 11) is 0. The van der Waals surface area contributed by atoms with E-state index in [9.17, 15) is 0 Å². The first kappa shape index (κ1) is 13.9. The highest BCUT2D eigenvalue weighted by Crippen LogP contribution is 2.34. The van der Waals surface area contributed by atoms with Gasteiger partial charge in [0.05, 0.1) is 16.4 Å². The Labute approximate surface area is 115 Å². The second-order valence-electron chi connectivity index (χ2n) is 5.41. The number of hydrogen-bond acceptors (Lipinski definition) is 2. The van der Waals surface area contributed by atoms with Crippen molar-refractivity contribution in [1.29, 1.82) is 0 Å². The van der Waals surface area contributed by atoms with Crippen molar-refractivity contribution in [2.75, 3.05) is 6.54 Å². The van der Waals surface area contributed by atoms with E-state index < -0.39 is 0 Å². The summed E-state index contributed by atoms with van der Waals surface area (Å²) in [5.74, 6) is 1.35. The lowest BCUT2D eigenvalue weighted by Crippen LogP contribution is -2.25. The van der Waals surface area contributed by atoms with Crippen molar-refractivity contribution in [3.8, 4) is 0 Å². The second kappa shape index (κ2) is 6.07. The Bertz CT molecular complexity index is 394. The van der Waals surface area contributed by atoms with Crippen molar-refractivity contribution in [2.45, 2.75) is 52.5 Å². The summed E-state index contributed by atoms with van der Waals surface area (Å²) in [5, 5.41) is 5.33. The normalized spacial score (nSPS) is 18.4. The molecule has 1 aliphatic carbocycles. The zero-order valence-corrected chi connectivity index (χ0v) is 12.2. The fourth-order valence-corrected chi connectivity index (χ4v) is 3.40. The average Bonchev–Trinajstić information content (AvgIpc) is 2.98. The van der Waals surface area contributed by atoms with Crippen LogP contribution in [-0.2, 0) is 13.0 Å². The molecule has 2 rings (SSSR count). The molecule has 18 heavy (non-hydrogen) atoms. The number of aromatic nitrogens is 2. The molecule has 0 aliphatic heterocycles. The highest BCUT2D eigenvalue weighted by Gasteiger charge is 2.26. The van der Waals surface area contributed by atoms with E-state index >= 15 is 0 Å². The van der Waals surface area contributed by atoms with Gasteiger partial charge in [-0.15, -0.1) is 0 Å². The highest BCUT2D eigenvalue weighted by atomic mass is 35.5. The van der Waals surface area contributed by atoms with Crippen LogP contribution in [0, 0.1) is 18.8 Å². The third-order valence-corrected chi connectivity index (χ3v) is 4.77. The van der Waals surface area contributed by atoms with E-state index in [2.05, 4.69) is 12.0 Å². The summed E-state index contributed by atoms with van der Waals surface area (Å²) in [5.41, 5.74) is 8.10. The molecule has 3 nitrogen and oxygen atoms in total. The first-order chi connectivity index (χ1) is 8.67. The van der Waals surface area contributed by atoms with Crippen molar-refractivity contribution in [1.82, 2.24) is 9.78 Å². The van der Waals surface area contributed by atoms with Gasteiger partial charge in [0, 0.05) is 6.54 Å². The van der Waals surface area contributed by atoms with Crippen LogP contribution in [-0.4, -0.2) is 16.3 Å². The van der Waals surface area contributed by atoms with E-state index in [1.807, 2.05) is 11.6 Å². The third-order valence-electron chi connectivity index (χ3n) is 4.28. The maximum Gasteiger partial charge on any atom is 0.0847 e. The minimum absolute atomic E-state index is 0.561. The number of nitrogens with two attached hydrogens (primary N) is 1. The van der Waals surface area contributed by atoms with E-state index in [1.54, 1.807) is 0 Å². The van der Waals surface area contributed by atoms with Crippen LogP contribution in [0.25, 0.3) is 0 Å². The Kier molecular flexibility index (Phi) is 4.68. The zero-order valence-electron chi connectivity index (χ0n) is 11.5. The standard InChI is InChI=1S/C14H24ClN3/c1-3-18-13(14(15)10(2)17-18)8-12(9-16)11-6-4-5-7-11/h11-12H,3-9,16H2,1-2H3. The highest BCUT2D eigenvalue weighted by molar-refractivity contribution is 6.31. The van der Waals surface area contributed by atoms with Gasteiger partial charge in [-0.1, -0.05) is 37.3 Å². The SMILES string of the molecule is CCn1nc(C)c(Cl)c1CC(CN)C1CCCC1. The molecule has 0 spiro atoms. The summed E-state index contributed by atoms with van der Waals surface area (Å²) >= 11 is 6.38. The molecule has 0 aromatic carbocycles. The van der Waals surface area contributed by atoms with Gasteiger partial charge in [-0.3, -0.25) is 4.68 Å². The van der Waals surface area contributed by atoms with Gasteiger partial charge < -0.3 is 5.73 Å². The minimum Gasteiger partial charge on any atom is -0.330 e. The maximum absolute atomic E-state index is 6.38. The number of aryl methyl sites for hydroxylation is 2. The van der Waals surface area contributed by atoms with Crippen LogP contribution < -0.4 is 5.73 Å². The lowest BCUT2D eigenvalue weighted by atomic mass is 9.87. The summed E-state index contributed by atoms with van der Waals surface area (Å²) in [6.45, 7) is 5.73. The van der Waals surface area contributed by atoms with Crippen molar-refractivity contribution in [3.63, 3.8) is 0 Å². The van der Waals surface area contributed by atoms with E-state index in [4.69, 9.17) is 17.3 Å². The van der Waals surface area contributed by atoms with Gasteiger partial charge in [0.2, 0.25) is 0 Å². The predicted octanol–water partition coefficient (Wildman–Crippen LogP) is 3.17. The number of hydrogen-bond donors (Lipinski definition) is 1. The molecule has 1 unspecified atom stereocenters. The fourth-order valence-electron chi connectivity index (χ4n) is 3.18. The Morgan fingerprint density at radius 1 is 1.44 bits per heavy atom. The van der Waals surface area contributed by atoms with Crippen LogP contribution in [0.15, 0.2) is 0 Å². The van der Waals surface area contributed by atoms with Crippen LogP contribution in [0.5, 0.6) is 0 Å². The average molecular weight is 270 g/mol. The molecule has 1 atom stereocenters. The van der Waals surface area contributed by atoms with Gasteiger partial charge in [0.15, 0.2) is 0 Å². The molecule has 0 radical (unpaired) electrons. The third kappa shape index (κ3) is 2.72. The summed E-state index contributed by atoms with van der Waals surface area (Å²) in [4.78, 5) is 0. The quantitative estimate of drug-likeness (QED) is 0.892. The Balaban J connectivity index is 2.15. The van der Waals surface area contributed by atoms with Gasteiger partial charge >= 0.3 is 0 Å². The molecule has 102 valence electrons. The molecule has 0 saturated heterocycles. The summed E-state index contributed by atoms with van der Waals surface area (Å²) in [6.07, 6.45) is 6.37. The van der Waals surface area contributed by atoms with E-state index in [0.29, 0.717) is 5.92 Å². The second-order valence-corrected chi connectivity index (χ2v) is 5.78. The fraction of sp³-hybridized carbons (Fsp3) is 0.786. The largest absolute Gasteiger partial charge is 0.330 e. The first-order valence-electron chi connectivity index (χ1n) is 7.09. The lowest BCUT2D eigenvalue weighted by molar-refractivity contribution is 0.337. The molecule has 1 aromatic heterocycles. The molecule has 1 fully saturated rings. The molecule has 1 saturated carbocycles. The maximum atomic E-state index is 6.38. The van der Waals surface area contributed by atoms with Crippen molar-refractivity contribution < 1.29 is 0 Å². The smallest absolute Gasteiger partial charge is 0.0847 e. The first-order valence-corrected chi connectivity index (χ1v) is 7.47. The number of halogens is 1. The van der Waals surface area contributed by atoms with Crippen LogP contribution in [0.4, 0.5) is 0 Å². The Morgan fingerprint density at radius 2 is 2.11 bits per heavy atom. The molecule has 4 heteroatoms. The summed E-state index contributed by atoms with van der Waals surface area (Å²) < 4.78 is 2.04. The van der Waals surface area contributed by atoms with E-state index in [-0.39, 0.29) is 0 Å². The van der Waals surface area contributed by atoms with Crippen LogP contribution in [0.3, 0.4) is 0 Å². The molecule has 1 aromatic rings. The minimum atomic E-state index is 0.561. The van der Waals surface area contributed by atoms with Gasteiger partial charge in [-0.05, 0) is 38.6 Å². The van der Waals surface area contributed by atoms with Crippen molar-refractivity contribution in [2.24, 2.45) is 17.6 Å². The summed E-state index contributed by atoms with van der Waals surface area (Å²) in [6, 6.07) is 0. The number of rotatable bonds is 5. The molecule has 1 heterocycles. The van der Waals surface area contributed by atoms with Crippen LogP contribution in [0.2, 0.25) is 5.02 Å². The number of nitrogens with zero attached hydrogens (tertiary/aromatic N) is 2. The van der Waals surface area contributed by atoms with E-state index in [0.717, 1.165) is 36.1 Å². The van der Waals surface area contributed by atoms with Crippen molar-refractivity contribution in [3.05, 3.63) is 16.4 Å². The van der Waals surface area contributed by atoms with Gasteiger partial charge in [0.1, 0.15) is 0 Å². The van der Waals surface area contributed by atoms with Gasteiger partial charge in [-0.2, -0.15) is 5.10 Å².